The van der Waals surface area contributed by atoms with Gasteiger partial charge in [-0.05, 0) is 5.56 Å². The Balaban J connectivity index is 2.51. The molecule has 0 amide bonds. The SMILES string of the molecule is CN(/C=C/C#N)Cc1ccccc1. The Kier molecular flexibility index (Phi) is 3.59. The molecule has 0 spiro atoms. The Morgan fingerprint density at radius 1 is 1.38 bits per heavy atom. The Bertz CT molecular complexity index is 309. The Morgan fingerprint density at radius 3 is 2.69 bits per heavy atom. The van der Waals surface area contributed by atoms with Crippen molar-refractivity contribution in [2.45, 2.75) is 6.54 Å². The van der Waals surface area contributed by atoms with E-state index < -0.39 is 0 Å². The minimum Gasteiger partial charge on any atom is -0.376 e. The summed E-state index contributed by atoms with van der Waals surface area (Å²) in [7, 11) is 1.95. The van der Waals surface area contributed by atoms with Crippen LogP contribution >= 0.6 is 0 Å². The summed E-state index contributed by atoms with van der Waals surface area (Å²) in [4.78, 5) is 1.97. The van der Waals surface area contributed by atoms with E-state index in [2.05, 4.69) is 12.1 Å². The highest BCUT2D eigenvalue weighted by atomic mass is 15.1. The van der Waals surface area contributed by atoms with E-state index in [1.807, 2.05) is 36.2 Å². The lowest BCUT2D eigenvalue weighted by molar-refractivity contribution is 0.451. The lowest BCUT2D eigenvalue weighted by atomic mass is 10.2. The second-order valence-electron chi connectivity index (χ2n) is 2.85. The van der Waals surface area contributed by atoms with Gasteiger partial charge in [0.1, 0.15) is 0 Å². The molecule has 0 saturated carbocycles. The molecule has 0 aliphatic carbocycles. The van der Waals surface area contributed by atoms with Crippen molar-refractivity contribution in [3.05, 3.63) is 48.2 Å². The second kappa shape index (κ2) is 5.00. The molecule has 0 aliphatic heterocycles. The van der Waals surface area contributed by atoms with Gasteiger partial charge < -0.3 is 4.90 Å². The molecule has 2 heteroatoms. The number of allylic oxidation sites excluding steroid dienone is 1. The molecule has 0 heterocycles. The molecule has 0 N–H and O–H groups in total. The normalized spacial score (nSPS) is 9.85. The third-order valence-corrected chi connectivity index (χ3v) is 1.68. The summed E-state index contributed by atoms with van der Waals surface area (Å²) >= 11 is 0. The average molecular weight is 172 g/mol. The van der Waals surface area contributed by atoms with E-state index in [-0.39, 0.29) is 0 Å². The average Bonchev–Trinajstić information content (AvgIpc) is 2.16. The minimum atomic E-state index is 0.832. The van der Waals surface area contributed by atoms with Crippen LogP contribution in [0, 0.1) is 11.3 Å². The van der Waals surface area contributed by atoms with Crippen LogP contribution in [-0.4, -0.2) is 11.9 Å². The van der Waals surface area contributed by atoms with Crippen molar-refractivity contribution in [3.8, 4) is 6.07 Å². The van der Waals surface area contributed by atoms with Crippen LogP contribution in [-0.2, 0) is 6.54 Å². The number of benzene rings is 1. The van der Waals surface area contributed by atoms with Crippen LogP contribution < -0.4 is 0 Å². The van der Waals surface area contributed by atoms with E-state index in [1.54, 1.807) is 6.20 Å². The molecule has 0 radical (unpaired) electrons. The predicted molar refractivity (Wildman–Crippen MR) is 52.7 cm³/mol. The van der Waals surface area contributed by atoms with Crippen LogP contribution in [0.1, 0.15) is 5.56 Å². The third-order valence-electron chi connectivity index (χ3n) is 1.68. The van der Waals surface area contributed by atoms with Crippen molar-refractivity contribution in [1.82, 2.24) is 4.90 Å². The molecule has 2 nitrogen and oxygen atoms in total. The van der Waals surface area contributed by atoms with Gasteiger partial charge in [-0.3, -0.25) is 0 Å². The molecule has 0 bridgehead atoms. The zero-order chi connectivity index (χ0) is 9.52. The van der Waals surface area contributed by atoms with Crippen LogP contribution in [0.15, 0.2) is 42.6 Å². The Hall–Kier alpha value is -1.75. The lowest BCUT2D eigenvalue weighted by Gasteiger charge is -2.12. The highest BCUT2D eigenvalue weighted by molar-refractivity contribution is 5.15. The first-order chi connectivity index (χ1) is 6.33. The molecular formula is C11H12N2. The van der Waals surface area contributed by atoms with Gasteiger partial charge in [0.2, 0.25) is 0 Å². The van der Waals surface area contributed by atoms with Gasteiger partial charge in [0.05, 0.1) is 6.07 Å². The summed E-state index contributed by atoms with van der Waals surface area (Å²) in [6.45, 7) is 0.832. The summed E-state index contributed by atoms with van der Waals surface area (Å²) in [5, 5.41) is 8.32. The summed E-state index contributed by atoms with van der Waals surface area (Å²) < 4.78 is 0. The summed E-state index contributed by atoms with van der Waals surface area (Å²) in [5.41, 5.74) is 1.24. The first-order valence-corrected chi connectivity index (χ1v) is 4.13. The monoisotopic (exact) mass is 172 g/mol. The molecule has 13 heavy (non-hydrogen) atoms. The van der Waals surface area contributed by atoms with Gasteiger partial charge in [-0.15, -0.1) is 0 Å². The molecule has 0 saturated heterocycles. The zero-order valence-corrected chi connectivity index (χ0v) is 7.64. The minimum absolute atomic E-state index is 0.832. The number of nitriles is 1. The van der Waals surface area contributed by atoms with Gasteiger partial charge in [-0.2, -0.15) is 5.26 Å². The van der Waals surface area contributed by atoms with Crippen LogP contribution in [0.5, 0.6) is 0 Å². The van der Waals surface area contributed by atoms with Crippen LogP contribution in [0.25, 0.3) is 0 Å². The smallest absolute Gasteiger partial charge is 0.0927 e. The van der Waals surface area contributed by atoms with E-state index in [9.17, 15) is 0 Å². The first-order valence-electron chi connectivity index (χ1n) is 4.13. The molecule has 0 atom stereocenters. The molecule has 0 aliphatic rings. The topological polar surface area (TPSA) is 27.0 Å². The Labute approximate surface area is 78.7 Å². The highest BCUT2D eigenvalue weighted by Gasteiger charge is 1.92. The highest BCUT2D eigenvalue weighted by Crippen LogP contribution is 2.02. The van der Waals surface area contributed by atoms with Crippen molar-refractivity contribution in [2.75, 3.05) is 7.05 Å². The van der Waals surface area contributed by atoms with Gasteiger partial charge in [-0.1, -0.05) is 30.3 Å². The zero-order valence-electron chi connectivity index (χ0n) is 7.64. The number of nitrogens with zero attached hydrogens (tertiary/aromatic N) is 2. The predicted octanol–water partition coefficient (Wildman–Crippen LogP) is 2.16. The lowest BCUT2D eigenvalue weighted by Crippen LogP contribution is -2.09. The van der Waals surface area contributed by atoms with Crippen LogP contribution in [0.2, 0.25) is 0 Å². The first kappa shape index (κ1) is 9.34. The van der Waals surface area contributed by atoms with Crippen molar-refractivity contribution >= 4 is 0 Å². The quantitative estimate of drug-likeness (QED) is 0.653. The number of hydrogen-bond acceptors (Lipinski definition) is 2. The molecule has 0 aromatic heterocycles. The fraction of sp³-hybridized carbons (Fsp3) is 0.182. The molecule has 1 aromatic rings. The van der Waals surface area contributed by atoms with E-state index in [0.29, 0.717) is 0 Å². The number of hydrogen-bond donors (Lipinski definition) is 0. The maximum absolute atomic E-state index is 8.32. The maximum atomic E-state index is 8.32. The standard InChI is InChI=1S/C11H12N2/c1-13(9-5-8-12)10-11-6-3-2-4-7-11/h2-7,9H,10H2,1H3/b9-5+. The molecule has 1 rings (SSSR count). The molecule has 66 valence electrons. The van der Waals surface area contributed by atoms with Crippen molar-refractivity contribution in [1.29, 1.82) is 5.26 Å². The van der Waals surface area contributed by atoms with Crippen molar-refractivity contribution in [2.24, 2.45) is 0 Å². The maximum Gasteiger partial charge on any atom is 0.0927 e. The summed E-state index contributed by atoms with van der Waals surface area (Å²) in [6.07, 6.45) is 3.25. The molecule has 1 aromatic carbocycles. The summed E-state index contributed by atoms with van der Waals surface area (Å²) in [5.74, 6) is 0. The van der Waals surface area contributed by atoms with Gasteiger partial charge in [0, 0.05) is 25.9 Å². The van der Waals surface area contributed by atoms with Gasteiger partial charge in [0.15, 0.2) is 0 Å². The van der Waals surface area contributed by atoms with Crippen molar-refractivity contribution < 1.29 is 0 Å². The fourth-order valence-electron chi connectivity index (χ4n) is 1.08. The van der Waals surface area contributed by atoms with Gasteiger partial charge >= 0.3 is 0 Å². The largest absolute Gasteiger partial charge is 0.376 e. The second-order valence-corrected chi connectivity index (χ2v) is 2.85. The molecular weight excluding hydrogens is 160 g/mol. The van der Waals surface area contributed by atoms with Crippen molar-refractivity contribution in [3.63, 3.8) is 0 Å². The van der Waals surface area contributed by atoms with E-state index in [1.165, 1.54) is 11.6 Å². The molecule has 0 fully saturated rings. The van der Waals surface area contributed by atoms with E-state index in [0.717, 1.165) is 6.54 Å². The van der Waals surface area contributed by atoms with Crippen LogP contribution in [0.4, 0.5) is 0 Å². The van der Waals surface area contributed by atoms with E-state index >= 15 is 0 Å². The third kappa shape index (κ3) is 3.44. The van der Waals surface area contributed by atoms with Gasteiger partial charge in [0.25, 0.3) is 0 Å². The Morgan fingerprint density at radius 2 is 2.08 bits per heavy atom. The molecule has 0 unspecified atom stereocenters. The summed E-state index contributed by atoms with van der Waals surface area (Å²) in [6, 6.07) is 12.1. The van der Waals surface area contributed by atoms with Gasteiger partial charge in [-0.25, -0.2) is 0 Å². The fourth-order valence-corrected chi connectivity index (χ4v) is 1.08. The number of rotatable bonds is 3. The van der Waals surface area contributed by atoms with Crippen LogP contribution in [0.3, 0.4) is 0 Å². The van der Waals surface area contributed by atoms with E-state index in [4.69, 9.17) is 5.26 Å².